The van der Waals surface area contributed by atoms with Gasteiger partial charge in [0, 0.05) is 6.54 Å². The van der Waals surface area contributed by atoms with E-state index >= 15 is 0 Å². The Morgan fingerprint density at radius 1 is 1.55 bits per heavy atom. The fourth-order valence-electron chi connectivity index (χ4n) is 2.12. The summed E-state index contributed by atoms with van der Waals surface area (Å²) in [6.45, 7) is 4.72. The van der Waals surface area contributed by atoms with Crippen LogP contribution in [0.2, 0.25) is 0 Å². The Morgan fingerprint density at radius 3 is 2.75 bits per heavy atom. The maximum absolute atomic E-state index is 14.1. The number of likely N-dealkylation sites (tertiary alicyclic amines) is 1. The Balaban J connectivity index is 2.05. The molecule has 0 saturated carbocycles. The van der Waals surface area contributed by atoms with Crippen molar-refractivity contribution in [3.8, 4) is 0 Å². The molecule has 20 heavy (non-hydrogen) atoms. The van der Waals surface area contributed by atoms with Crippen molar-refractivity contribution in [1.29, 1.82) is 0 Å². The predicted molar refractivity (Wildman–Crippen MR) is 66.5 cm³/mol. The molecule has 1 fully saturated rings. The molecule has 0 aromatic carbocycles. The van der Waals surface area contributed by atoms with Gasteiger partial charge in [-0.3, -0.25) is 4.79 Å². The van der Waals surface area contributed by atoms with E-state index in [9.17, 15) is 13.6 Å². The van der Waals surface area contributed by atoms with E-state index in [0.29, 0.717) is 0 Å². The Kier molecular flexibility index (Phi) is 3.77. The number of halogens is 2. The third kappa shape index (κ3) is 3.30. The van der Waals surface area contributed by atoms with E-state index in [1.54, 1.807) is 20.8 Å². The lowest BCUT2D eigenvalue weighted by Gasteiger charge is -2.40. The van der Waals surface area contributed by atoms with Crippen LogP contribution in [-0.2, 0) is 4.74 Å². The maximum atomic E-state index is 14.1. The summed E-state index contributed by atoms with van der Waals surface area (Å²) in [5, 5.41) is 7.02. The molecule has 0 aliphatic carbocycles. The summed E-state index contributed by atoms with van der Waals surface area (Å²) < 4.78 is 33.6. The number of hydrogen-bond acceptors (Lipinski definition) is 4. The standard InChI is InChI=1S/C12H18F2N4O2/c1-11(2,3)20-8-4-5-18(6-12(8,13)14)10(19)9-15-7-16-17-9/h7-8H,4-6H2,1-3H3,(H,15,16,17)/t8-/m0/s1. The number of rotatable bonds is 2. The summed E-state index contributed by atoms with van der Waals surface area (Å²) in [5.41, 5.74) is -0.648. The average Bonchev–Trinajstić information content (AvgIpc) is 2.82. The van der Waals surface area contributed by atoms with Crippen LogP contribution in [0, 0.1) is 0 Å². The molecule has 1 aromatic rings. The molecule has 2 heterocycles. The predicted octanol–water partition coefficient (Wildman–Crippen LogP) is 1.47. The normalized spacial score (nSPS) is 22.9. The zero-order valence-electron chi connectivity index (χ0n) is 11.7. The van der Waals surface area contributed by atoms with Gasteiger partial charge in [0.15, 0.2) is 0 Å². The smallest absolute Gasteiger partial charge is 0.291 e. The second-order valence-corrected chi connectivity index (χ2v) is 5.83. The Labute approximate surface area is 115 Å². The minimum atomic E-state index is -3.08. The molecule has 1 aromatic heterocycles. The lowest BCUT2D eigenvalue weighted by Crippen LogP contribution is -2.55. The van der Waals surface area contributed by atoms with Gasteiger partial charge in [0.1, 0.15) is 12.4 Å². The largest absolute Gasteiger partial charge is 0.366 e. The molecule has 1 aliphatic heterocycles. The number of aromatic amines is 1. The molecule has 2 rings (SSSR count). The van der Waals surface area contributed by atoms with Crippen molar-refractivity contribution in [3.63, 3.8) is 0 Å². The summed E-state index contributed by atoms with van der Waals surface area (Å²) in [7, 11) is 0. The summed E-state index contributed by atoms with van der Waals surface area (Å²) in [6, 6.07) is 0. The van der Waals surface area contributed by atoms with E-state index in [-0.39, 0.29) is 18.8 Å². The molecular weight excluding hydrogens is 270 g/mol. The van der Waals surface area contributed by atoms with Crippen LogP contribution in [0.3, 0.4) is 0 Å². The molecule has 1 aliphatic rings. The quantitative estimate of drug-likeness (QED) is 0.894. The molecular formula is C12H18F2N4O2. The van der Waals surface area contributed by atoms with Crippen molar-refractivity contribution in [3.05, 3.63) is 12.2 Å². The number of nitrogens with one attached hydrogen (secondary N) is 1. The summed E-state index contributed by atoms with van der Waals surface area (Å²) >= 11 is 0. The maximum Gasteiger partial charge on any atom is 0.291 e. The van der Waals surface area contributed by atoms with Crippen LogP contribution in [0.5, 0.6) is 0 Å². The Bertz CT molecular complexity index is 470. The topological polar surface area (TPSA) is 71.1 Å². The van der Waals surface area contributed by atoms with Gasteiger partial charge in [0.25, 0.3) is 11.8 Å². The fourth-order valence-corrected chi connectivity index (χ4v) is 2.12. The molecule has 8 heteroatoms. The monoisotopic (exact) mass is 288 g/mol. The van der Waals surface area contributed by atoms with Gasteiger partial charge in [0.05, 0.1) is 12.1 Å². The highest BCUT2D eigenvalue weighted by molar-refractivity contribution is 5.90. The minimum Gasteiger partial charge on any atom is -0.366 e. The number of aromatic nitrogens is 3. The third-order valence-electron chi connectivity index (χ3n) is 2.94. The second-order valence-electron chi connectivity index (χ2n) is 5.83. The summed E-state index contributed by atoms with van der Waals surface area (Å²) in [6.07, 6.45) is 0.145. The SMILES string of the molecule is CC(C)(C)O[C@H]1CCN(C(=O)c2nnc[nH]2)CC1(F)F. The van der Waals surface area contributed by atoms with Gasteiger partial charge in [-0.05, 0) is 27.2 Å². The fraction of sp³-hybridized carbons (Fsp3) is 0.750. The zero-order chi connectivity index (χ0) is 15.0. The van der Waals surface area contributed by atoms with Crippen molar-refractivity contribution in [2.24, 2.45) is 0 Å². The Hall–Kier alpha value is -1.57. The molecule has 6 nitrogen and oxygen atoms in total. The van der Waals surface area contributed by atoms with Gasteiger partial charge < -0.3 is 14.6 Å². The molecule has 1 amide bonds. The highest BCUT2D eigenvalue weighted by Gasteiger charge is 2.48. The van der Waals surface area contributed by atoms with E-state index in [4.69, 9.17) is 4.74 Å². The first-order valence-corrected chi connectivity index (χ1v) is 6.40. The van der Waals surface area contributed by atoms with Crippen LogP contribution >= 0.6 is 0 Å². The van der Waals surface area contributed by atoms with Gasteiger partial charge in [0.2, 0.25) is 5.82 Å². The second kappa shape index (κ2) is 5.08. The number of alkyl halides is 2. The van der Waals surface area contributed by atoms with Crippen molar-refractivity contribution in [1.82, 2.24) is 20.1 Å². The van der Waals surface area contributed by atoms with Gasteiger partial charge in [-0.15, -0.1) is 10.2 Å². The molecule has 1 atom stereocenters. The van der Waals surface area contributed by atoms with Crippen molar-refractivity contribution >= 4 is 5.91 Å². The van der Waals surface area contributed by atoms with E-state index < -0.39 is 30.1 Å². The van der Waals surface area contributed by atoms with Gasteiger partial charge in [-0.25, -0.2) is 8.78 Å². The molecule has 112 valence electrons. The number of carbonyl (C=O) groups excluding carboxylic acids is 1. The van der Waals surface area contributed by atoms with Gasteiger partial charge in [-0.2, -0.15) is 0 Å². The lowest BCUT2D eigenvalue weighted by molar-refractivity contribution is -0.202. The number of nitrogens with zero attached hydrogens (tertiary/aromatic N) is 3. The molecule has 0 spiro atoms. The van der Waals surface area contributed by atoms with Gasteiger partial charge in [-0.1, -0.05) is 0 Å². The number of piperidine rings is 1. The number of carbonyl (C=O) groups is 1. The summed E-state index contributed by atoms with van der Waals surface area (Å²) in [5.74, 6) is -3.69. The number of hydrogen-bond donors (Lipinski definition) is 1. The zero-order valence-corrected chi connectivity index (χ0v) is 11.7. The van der Waals surface area contributed by atoms with Crippen molar-refractivity contribution in [2.45, 2.75) is 44.8 Å². The Morgan fingerprint density at radius 2 is 2.25 bits per heavy atom. The first-order chi connectivity index (χ1) is 9.19. The van der Waals surface area contributed by atoms with E-state index in [1.165, 1.54) is 6.33 Å². The lowest BCUT2D eigenvalue weighted by atomic mass is 10.0. The summed E-state index contributed by atoms with van der Waals surface area (Å²) in [4.78, 5) is 15.6. The molecule has 1 N–H and O–H groups in total. The molecule has 1 saturated heterocycles. The number of amides is 1. The molecule has 0 unspecified atom stereocenters. The first kappa shape index (κ1) is 14.8. The highest BCUT2D eigenvalue weighted by atomic mass is 19.3. The van der Waals surface area contributed by atoms with Crippen LogP contribution in [-0.4, -0.2) is 56.7 Å². The van der Waals surface area contributed by atoms with E-state index in [1.807, 2.05) is 0 Å². The average molecular weight is 288 g/mol. The van der Waals surface area contributed by atoms with Crippen LogP contribution < -0.4 is 0 Å². The van der Waals surface area contributed by atoms with E-state index in [0.717, 1.165) is 4.90 Å². The third-order valence-corrected chi connectivity index (χ3v) is 2.94. The minimum absolute atomic E-state index is 0.0315. The van der Waals surface area contributed by atoms with E-state index in [2.05, 4.69) is 15.2 Å². The van der Waals surface area contributed by atoms with Crippen LogP contribution in [0.25, 0.3) is 0 Å². The molecule has 0 bridgehead atoms. The van der Waals surface area contributed by atoms with Crippen molar-refractivity contribution in [2.75, 3.05) is 13.1 Å². The number of ether oxygens (including phenoxy) is 1. The van der Waals surface area contributed by atoms with Crippen molar-refractivity contribution < 1.29 is 18.3 Å². The van der Waals surface area contributed by atoms with Gasteiger partial charge >= 0.3 is 0 Å². The number of H-pyrrole nitrogens is 1. The van der Waals surface area contributed by atoms with Crippen LogP contribution in [0.1, 0.15) is 37.8 Å². The highest BCUT2D eigenvalue weighted by Crippen LogP contribution is 2.32. The van der Waals surface area contributed by atoms with Crippen LogP contribution in [0.15, 0.2) is 6.33 Å². The first-order valence-electron chi connectivity index (χ1n) is 6.40. The molecule has 0 radical (unpaired) electrons. The van der Waals surface area contributed by atoms with Crippen LogP contribution in [0.4, 0.5) is 8.78 Å².